The molecule has 0 atom stereocenters. The summed E-state index contributed by atoms with van der Waals surface area (Å²) >= 11 is 0. The second-order valence-corrected chi connectivity index (χ2v) is 5.89. The smallest absolute Gasteiger partial charge is 0.276 e. The fourth-order valence-corrected chi connectivity index (χ4v) is 2.83. The van der Waals surface area contributed by atoms with Crippen molar-refractivity contribution in [1.29, 1.82) is 0 Å². The number of benzene rings is 1. The van der Waals surface area contributed by atoms with Crippen molar-refractivity contribution >= 4 is 11.6 Å². The van der Waals surface area contributed by atoms with Crippen LogP contribution in [0.25, 0.3) is 0 Å². The average Bonchev–Trinajstić information content (AvgIpc) is 2.61. The number of carbonyl (C=O) groups excluding carboxylic acids is 1. The molecule has 2 N–H and O–H groups in total. The molecule has 1 aromatic carbocycles. The molecule has 0 bridgehead atoms. The summed E-state index contributed by atoms with van der Waals surface area (Å²) in [6, 6.07) is 5.83. The van der Waals surface area contributed by atoms with Crippen molar-refractivity contribution < 1.29 is 19.1 Å². The van der Waals surface area contributed by atoms with Crippen LogP contribution < -0.4 is 15.5 Å². The number of hydrogen-bond donors (Lipinski definition) is 2. The Kier molecular flexibility index (Phi) is 7.85. The molecule has 0 saturated heterocycles. The summed E-state index contributed by atoms with van der Waals surface area (Å²) in [4.78, 5) is 17.3. The molecule has 0 aromatic heterocycles. The van der Waals surface area contributed by atoms with Gasteiger partial charge >= 0.3 is 0 Å². The number of hydroxylamine groups is 1. The van der Waals surface area contributed by atoms with E-state index in [2.05, 4.69) is 10.8 Å². The highest BCUT2D eigenvalue weighted by Gasteiger charge is 2.18. The van der Waals surface area contributed by atoms with Crippen LogP contribution in [0.5, 0.6) is 5.75 Å². The first kappa shape index (κ1) is 18.5. The lowest BCUT2D eigenvalue weighted by Gasteiger charge is -2.25. The third kappa shape index (κ3) is 5.69. The Morgan fingerprint density at radius 2 is 2.00 bits per heavy atom. The molecule has 0 spiro atoms. The lowest BCUT2D eigenvalue weighted by Crippen LogP contribution is -2.27. The van der Waals surface area contributed by atoms with Gasteiger partial charge in [0.1, 0.15) is 12.4 Å². The van der Waals surface area contributed by atoms with Gasteiger partial charge in [0.2, 0.25) is 0 Å². The molecule has 2 rings (SSSR count). The van der Waals surface area contributed by atoms with Crippen LogP contribution in [0.2, 0.25) is 0 Å². The molecular formula is C18H28N2O4. The van der Waals surface area contributed by atoms with Gasteiger partial charge in [-0.15, -0.1) is 0 Å². The van der Waals surface area contributed by atoms with Gasteiger partial charge < -0.3 is 14.8 Å². The number of hydrogen-bond acceptors (Lipinski definition) is 5. The van der Waals surface area contributed by atoms with E-state index in [1.165, 1.54) is 19.3 Å². The number of nitrogens with one attached hydrogen (secondary N) is 2. The third-order valence-corrected chi connectivity index (χ3v) is 4.07. The molecule has 0 radical (unpaired) electrons. The van der Waals surface area contributed by atoms with E-state index in [-0.39, 0.29) is 5.91 Å². The van der Waals surface area contributed by atoms with Crippen molar-refractivity contribution in [2.24, 2.45) is 0 Å². The number of ether oxygens (including phenoxy) is 2. The molecule has 0 unspecified atom stereocenters. The van der Waals surface area contributed by atoms with E-state index >= 15 is 0 Å². The topological polar surface area (TPSA) is 68.8 Å². The summed E-state index contributed by atoms with van der Waals surface area (Å²) in [5, 5.41) is 3.51. The van der Waals surface area contributed by atoms with Crippen LogP contribution >= 0.6 is 0 Å². The molecule has 0 aliphatic heterocycles. The second kappa shape index (κ2) is 10.2. The largest absolute Gasteiger partial charge is 0.491 e. The van der Waals surface area contributed by atoms with Crippen LogP contribution in [0.3, 0.4) is 0 Å². The zero-order valence-corrected chi connectivity index (χ0v) is 14.6. The van der Waals surface area contributed by atoms with E-state index in [1.54, 1.807) is 19.2 Å². The van der Waals surface area contributed by atoms with E-state index in [4.69, 9.17) is 14.3 Å². The van der Waals surface area contributed by atoms with Crippen LogP contribution in [0.1, 0.15) is 49.4 Å². The van der Waals surface area contributed by atoms with E-state index in [0.717, 1.165) is 24.3 Å². The molecule has 1 aromatic rings. The highest BCUT2D eigenvalue weighted by atomic mass is 16.6. The van der Waals surface area contributed by atoms with Crippen LogP contribution in [0.15, 0.2) is 18.2 Å². The lowest BCUT2D eigenvalue weighted by atomic mass is 9.95. The maximum absolute atomic E-state index is 12.3. The number of amides is 1. The third-order valence-electron chi connectivity index (χ3n) is 4.07. The molecular weight excluding hydrogens is 308 g/mol. The lowest BCUT2D eigenvalue weighted by molar-refractivity contribution is 0.0365. The van der Waals surface area contributed by atoms with E-state index < -0.39 is 0 Å². The van der Waals surface area contributed by atoms with Gasteiger partial charge in [-0.2, -0.15) is 0 Å². The Morgan fingerprint density at radius 3 is 2.71 bits per heavy atom. The number of carbonyl (C=O) groups is 1. The van der Waals surface area contributed by atoms with Gasteiger partial charge in [-0.05, 0) is 31.9 Å². The Morgan fingerprint density at radius 1 is 1.21 bits per heavy atom. The molecule has 1 saturated carbocycles. The van der Waals surface area contributed by atoms with Gasteiger partial charge in [-0.3, -0.25) is 9.63 Å². The first-order valence-corrected chi connectivity index (χ1v) is 8.69. The van der Waals surface area contributed by atoms with Crippen LogP contribution in [0.4, 0.5) is 5.69 Å². The standard InChI is InChI=1S/C18H28N2O4/c1-3-24-20-18(21)16-10-9-15(23-12-11-22-2)13-17(16)19-14-7-5-4-6-8-14/h9-10,13-14,19H,3-8,11-12H2,1-2H3,(H,20,21). The molecule has 0 heterocycles. The molecule has 6 heteroatoms. The SMILES string of the molecule is CCONC(=O)c1ccc(OCCOC)cc1NC1CCCCC1. The van der Waals surface area contributed by atoms with E-state index in [9.17, 15) is 4.79 Å². The van der Waals surface area contributed by atoms with Gasteiger partial charge in [0.15, 0.2) is 0 Å². The summed E-state index contributed by atoms with van der Waals surface area (Å²) in [6.45, 7) is 3.26. The summed E-state index contributed by atoms with van der Waals surface area (Å²) in [5.41, 5.74) is 3.81. The van der Waals surface area contributed by atoms with Crippen LogP contribution in [-0.4, -0.2) is 38.9 Å². The second-order valence-electron chi connectivity index (χ2n) is 5.89. The fraction of sp³-hybridized carbons (Fsp3) is 0.611. The number of methoxy groups -OCH3 is 1. The minimum atomic E-state index is -0.251. The van der Waals surface area contributed by atoms with Gasteiger partial charge in [0.05, 0.1) is 24.5 Å². The molecule has 6 nitrogen and oxygen atoms in total. The van der Waals surface area contributed by atoms with Gasteiger partial charge in [-0.1, -0.05) is 19.3 Å². The van der Waals surface area contributed by atoms with Crippen molar-refractivity contribution in [3.8, 4) is 5.75 Å². The zero-order chi connectivity index (χ0) is 17.2. The minimum absolute atomic E-state index is 0.251. The predicted molar refractivity (Wildman–Crippen MR) is 93.4 cm³/mol. The normalized spacial score (nSPS) is 15.1. The van der Waals surface area contributed by atoms with Crippen molar-refractivity contribution in [2.45, 2.75) is 45.1 Å². The number of rotatable bonds is 9. The van der Waals surface area contributed by atoms with Gasteiger partial charge in [-0.25, -0.2) is 5.48 Å². The number of anilines is 1. The van der Waals surface area contributed by atoms with Crippen LogP contribution in [0, 0.1) is 0 Å². The molecule has 1 aliphatic carbocycles. The highest BCUT2D eigenvalue weighted by Crippen LogP contribution is 2.27. The Labute approximate surface area is 143 Å². The van der Waals surface area contributed by atoms with Crippen molar-refractivity contribution in [2.75, 3.05) is 32.2 Å². The highest BCUT2D eigenvalue weighted by molar-refractivity contribution is 5.99. The van der Waals surface area contributed by atoms with Gasteiger partial charge in [0, 0.05) is 19.2 Å². The Balaban J connectivity index is 2.12. The van der Waals surface area contributed by atoms with Crippen LogP contribution in [-0.2, 0) is 9.57 Å². The van der Waals surface area contributed by atoms with Crippen molar-refractivity contribution in [3.63, 3.8) is 0 Å². The molecule has 134 valence electrons. The first-order valence-electron chi connectivity index (χ1n) is 8.69. The van der Waals surface area contributed by atoms with E-state index in [0.29, 0.717) is 31.4 Å². The maximum Gasteiger partial charge on any atom is 0.276 e. The molecule has 1 amide bonds. The summed E-state index contributed by atoms with van der Waals surface area (Å²) in [7, 11) is 1.64. The summed E-state index contributed by atoms with van der Waals surface area (Å²) in [6.07, 6.45) is 5.99. The molecule has 24 heavy (non-hydrogen) atoms. The quantitative estimate of drug-likeness (QED) is 0.535. The summed E-state index contributed by atoms with van der Waals surface area (Å²) < 4.78 is 10.7. The fourth-order valence-electron chi connectivity index (χ4n) is 2.83. The zero-order valence-electron chi connectivity index (χ0n) is 14.6. The Hall–Kier alpha value is -1.79. The molecule has 1 aliphatic rings. The van der Waals surface area contributed by atoms with Crippen molar-refractivity contribution in [3.05, 3.63) is 23.8 Å². The minimum Gasteiger partial charge on any atom is -0.491 e. The average molecular weight is 336 g/mol. The maximum atomic E-state index is 12.3. The summed E-state index contributed by atoms with van der Waals surface area (Å²) in [5.74, 6) is 0.469. The predicted octanol–water partition coefficient (Wildman–Crippen LogP) is 3.14. The van der Waals surface area contributed by atoms with Gasteiger partial charge in [0.25, 0.3) is 5.91 Å². The molecule has 1 fully saturated rings. The van der Waals surface area contributed by atoms with Crippen molar-refractivity contribution in [1.82, 2.24) is 5.48 Å². The Bertz CT molecular complexity index is 516. The monoisotopic (exact) mass is 336 g/mol. The van der Waals surface area contributed by atoms with E-state index in [1.807, 2.05) is 13.0 Å². The first-order chi connectivity index (χ1) is 11.7.